The molecule has 0 bridgehead atoms. The van der Waals surface area contributed by atoms with Gasteiger partial charge >= 0.3 is 0 Å². The second-order valence-corrected chi connectivity index (χ2v) is 9.59. The van der Waals surface area contributed by atoms with Gasteiger partial charge in [-0.3, -0.25) is 9.59 Å². The molecule has 1 heterocycles. The molecule has 0 aliphatic heterocycles. The summed E-state index contributed by atoms with van der Waals surface area (Å²) in [7, 11) is 0. The Morgan fingerprint density at radius 2 is 1.76 bits per heavy atom. The standard InChI is InChI=1S/C26H25Cl2FO4/c27-19-6-10-25-18(12-19)13-26(33-25)24(31)11-17-3-1-16(2-4-17)5-7-20(30)15-32-21-8-9-22(28)23(29)14-21/h6,8-10,12-14,16-17H,1-5,7,11,15H2. The molecule has 0 amide bonds. The fraction of sp³-hybridized carbons (Fsp3) is 0.385. The predicted molar refractivity (Wildman–Crippen MR) is 127 cm³/mol. The maximum absolute atomic E-state index is 13.4. The van der Waals surface area contributed by atoms with E-state index in [2.05, 4.69) is 0 Å². The summed E-state index contributed by atoms with van der Waals surface area (Å²) < 4.78 is 24.5. The second kappa shape index (κ2) is 10.7. The van der Waals surface area contributed by atoms with Gasteiger partial charge in [-0.05, 0) is 67.5 Å². The van der Waals surface area contributed by atoms with Gasteiger partial charge in [0.05, 0.1) is 5.02 Å². The van der Waals surface area contributed by atoms with E-state index in [0.29, 0.717) is 46.8 Å². The number of carbonyl (C=O) groups is 2. The molecule has 1 aliphatic rings. The summed E-state index contributed by atoms with van der Waals surface area (Å²) in [6, 6.07) is 11.2. The lowest BCUT2D eigenvalue weighted by atomic mass is 9.78. The highest BCUT2D eigenvalue weighted by molar-refractivity contribution is 6.31. The smallest absolute Gasteiger partial charge is 0.198 e. The molecule has 0 radical (unpaired) electrons. The van der Waals surface area contributed by atoms with Crippen molar-refractivity contribution in [1.82, 2.24) is 0 Å². The van der Waals surface area contributed by atoms with Gasteiger partial charge in [0.2, 0.25) is 0 Å². The first kappa shape index (κ1) is 23.8. The number of ether oxygens (including phenoxy) is 1. The van der Waals surface area contributed by atoms with Crippen LogP contribution in [0.1, 0.15) is 55.5 Å². The summed E-state index contributed by atoms with van der Waals surface area (Å²) in [5.41, 5.74) is 0.668. The minimum Gasteiger partial charge on any atom is -0.486 e. The molecule has 4 rings (SSSR count). The number of hydrogen-bond donors (Lipinski definition) is 0. The number of rotatable bonds is 9. The van der Waals surface area contributed by atoms with Crippen LogP contribution in [-0.2, 0) is 4.79 Å². The maximum atomic E-state index is 13.4. The van der Waals surface area contributed by atoms with Crippen molar-refractivity contribution in [3.05, 3.63) is 64.1 Å². The van der Waals surface area contributed by atoms with Crippen LogP contribution in [0.3, 0.4) is 0 Å². The maximum Gasteiger partial charge on any atom is 0.198 e. The minimum atomic E-state index is -0.568. The number of furan rings is 1. The lowest BCUT2D eigenvalue weighted by Crippen LogP contribution is -2.19. The van der Waals surface area contributed by atoms with Crippen molar-refractivity contribution < 1.29 is 23.1 Å². The Kier molecular flexibility index (Phi) is 7.71. The molecule has 0 spiro atoms. The van der Waals surface area contributed by atoms with Crippen LogP contribution < -0.4 is 4.74 Å². The summed E-state index contributed by atoms with van der Waals surface area (Å²) in [6.07, 6.45) is 5.67. The van der Waals surface area contributed by atoms with Gasteiger partial charge in [0.25, 0.3) is 0 Å². The highest BCUT2D eigenvalue weighted by Gasteiger charge is 2.25. The molecule has 174 valence electrons. The number of hydrogen-bond acceptors (Lipinski definition) is 4. The van der Waals surface area contributed by atoms with Crippen LogP contribution in [0.15, 0.2) is 46.9 Å². The van der Waals surface area contributed by atoms with Crippen LogP contribution in [0.4, 0.5) is 4.39 Å². The van der Waals surface area contributed by atoms with Crippen molar-refractivity contribution in [3.63, 3.8) is 0 Å². The molecular formula is C26H25Cl2FO4. The number of ketones is 2. The Morgan fingerprint density at radius 1 is 1.00 bits per heavy atom. The van der Waals surface area contributed by atoms with E-state index in [0.717, 1.165) is 37.5 Å². The molecule has 4 nitrogen and oxygen atoms in total. The van der Waals surface area contributed by atoms with Crippen molar-refractivity contribution in [2.75, 3.05) is 6.61 Å². The third kappa shape index (κ3) is 6.36. The number of fused-ring (bicyclic) bond motifs is 1. The summed E-state index contributed by atoms with van der Waals surface area (Å²) >= 11 is 11.7. The molecule has 1 saturated carbocycles. The fourth-order valence-corrected chi connectivity index (χ4v) is 4.70. The average molecular weight is 491 g/mol. The molecular weight excluding hydrogens is 466 g/mol. The van der Waals surface area contributed by atoms with E-state index in [9.17, 15) is 14.0 Å². The zero-order valence-electron chi connectivity index (χ0n) is 18.1. The van der Waals surface area contributed by atoms with E-state index in [4.69, 9.17) is 32.4 Å². The molecule has 3 aromatic rings. The summed E-state index contributed by atoms with van der Waals surface area (Å²) in [5, 5.41) is 1.47. The SMILES string of the molecule is O=C(CCC1CCC(CC(=O)c2cc3cc(Cl)ccc3o2)CC1)COc1ccc(Cl)c(F)c1. The second-order valence-electron chi connectivity index (χ2n) is 8.75. The van der Waals surface area contributed by atoms with Crippen molar-refractivity contribution in [3.8, 4) is 5.75 Å². The average Bonchev–Trinajstić information content (AvgIpc) is 3.23. The first-order valence-electron chi connectivity index (χ1n) is 11.2. The van der Waals surface area contributed by atoms with E-state index in [-0.39, 0.29) is 23.2 Å². The highest BCUT2D eigenvalue weighted by Crippen LogP contribution is 2.34. The molecule has 1 fully saturated rings. The fourth-order valence-electron chi connectivity index (χ4n) is 4.41. The number of carbonyl (C=O) groups excluding carboxylic acids is 2. The third-order valence-corrected chi connectivity index (χ3v) is 6.86. The van der Waals surface area contributed by atoms with Crippen LogP contribution in [-0.4, -0.2) is 18.2 Å². The first-order chi connectivity index (χ1) is 15.9. The Bertz CT molecular complexity index is 1150. The van der Waals surface area contributed by atoms with Crippen LogP contribution in [0.25, 0.3) is 11.0 Å². The Hall–Kier alpha value is -2.37. The molecule has 0 saturated heterocycles. The normalized spacial score (nSPS) is 18.4. The monoisotopic (exact) mass is 490 g/mol. The first-order valence-corrected chi connectivity index (χ1v) is 11.9. The number of benzene rings is 2. The number of Topliss-reactive ketones (excluding diaryl/α,β-unsaturated/α-hetero) is 2. The predicted octanol–water partition coefficient (Wildman–Crippen LogP) is 7.69. The van der Waals surface area contributed by atoms with Gasteiger partial charge in [-0.25, -0.2) is 4.39 Å². The largest absolute Gasteiger partial charge is 0.486 e. The molecule has 33 heavy (non-hydrogen) atoms. The van der Waals surface area contributed by atoms with Gasteiger partial charge in [0, 0.05) is 29.3 Å². The molecule has 7 heteroatoms. The Labute approximate surface area is 202 Å². The van der Waals surface area contributed by atoms with E-state index < -0.39 is 5.82 Å². The minimum absolute atomic E-state index is 0.00681. The molecule has 0 atom stereocenters. The van der Waals surface area contributed by atoms with Crippen molar-refractivity contribution in [1.29, 1.82) is 0 Å². The van der Waals surface area contributed by atoms with Gasteiger partial charge in [0.15, 0.2) is 17.3 Å². The Morgan fingerprint density at radius 3 is 2.52 bits per heavy atom. The van der Waals surface area contributed by atoms with Crippen LogP contribution in [0.2, 0.25) is 10.0 Å². The third-order valence-electron chi connectivity index (χ3n) is 6.32. The molecule has 2 aromatic carbocycles. The summed E-state index contributed by atoms with van der Waals surface area (Å²) in [5.74, 6) is 0.945. The zero-order chi connectivity index (χ0) is 23.4. The van der Waals surface area contributed by atoms with Gasteiger partial charge in [0.1, 0.15) is 23.8 Å². The quantitative estimate of drug-likeness (QED) is 0.288. The van der Waals surface area contributed by atoms with Crippen LogP contribution in [0.5, 0.6) is 5.75 Å². The molecule has 1 aromatic heterocycles. The van der Waals surface area contributed by atoms with Crippen molar-refractivity contribution in [2.45, 2.75) is 44.9 Å². The van der Waals surface area contributed by atoms with Gasteiger partial charge in [-0.2, -0.15) is 0 Å². The highest BCUT2D eigenvalue weighted by atomic mass is 35.5. The lowest BCUT2D eigenvalue weighted by Gasteiger charge is -2.27. The number of halogens is 3. The summed E-state index contributed by atoms with van der Waals surface area (Å²) in [6.45, 7) is -0.0758. The van der Waals surface area contributed by atoms with Crippen molar-refractivity contribution in [2.24, 2.45) is 11.8 Å². The van der Waals surface area contributed by atoms with Gasteiger partial charge in [-0.15, -0.1) is 0 Å². The molecule has 1 aliphatic carbocycles. The molecule has 0 unspecified atom stereocenters. The van der Waals surface area contributed by atoms with E-state index in [1.54, 1.807) is 30.3 Å². The van der Waals surface area contributed by atoms with E-state index in [1.165, 1.54) is 12.1 Å². The van der Waals surface area contributed by atoms with Crippen molar-refractivity contribution >= 4 is 45.7 Å². The van der Waals surface area contributed by atoms with E-state index >= 15 is 0 Å². The lowest BCUT2D eigenvalue weighted by molar-refractivity contribution is -0.121. The molecule has 0 N–H and O–H groups in total. The van der Waals surface area contributed by atoms with Gasteiger partial charge in [-0.1, -0.05) is 36.0 Å². The van der Waals surface area contributed by atoms with Crippen LogP contribution in [0, 0.1) is 17.7 Å². The van der Waals surface area contributed by atoms with E-state index in [1.807, 2.05) is 0 Å². The zero-order valence-corrected chi connectivity index (χ0v) is 19.6. The van der Waals surface area contributed by atoms with Crippen LogP contribution >= 0.6 is 23.2 Å². The topological polar surface area (TPSA) is 56.5 Å². The van der Waals surface area contributed by atoms with Gasteiger partial charge < -0.3 is 9.15 Å². The Balaban J connectivity index is 1.17. The summed E-state index contributed by atoms with van der Waals surface area (Å²) in [4.78, 5) is 24.8.